The molecule has 0 spiro atoms. The van der Waals surface area contributed by atoms with E-state index in [0.717, 1.165) is 33.9 Å². The van der Waals surface area contributed by atoms with Gasteiger partial charge in [0.15, 0.2) is 11.5 Å². The summed E-state index contributed by atoms with van der Waals surface area (Å²) in [5.41, 5.74) is 3.94. The number of nitrogens with one attached hydrogen (secondary N) is 1. The number of amides is 1. The smallest absolute Gasteiger partial charge is 0.256 e. The van der Waals surface area contributed by atoms with E-state index < -0.39 is 0 Å². The molecule has 0 fully saturated rings. The number of nitrogens with zero attached hydrogens (tertiary/aromatic N) is 3. The monoisotopic (exact) mass is 400 g/mol. The van der Waals surface area contributed by atoms with Crippen LogP contribution in [0.4, 0.5) is 5.82 Å². The minimum absolute atomic E-state index is 0.230. The lowest BCUT2D eigenvalue weighted by Gasteiger charge is -2.18. The van der Waals surface area contributed by atoms with Crippen molar-refractivity contribution in [1.29, 1.82) is 0 Å². The Hall–Kier alpha value is -3.87. The van der Waals surface area contributed by atoms with E-state index in [1.54, 1.807) is 18.2 Å². The van der Waals surface area contributed by atoms with Gasteiger partial charge in [0.25, 0.3) is 5.91 Å². The SMILES string of the molecule is Cc1nc2cc(C(=O)Nc3cccc(-c4ccc5c(c4)OCCO5)n3)ccc2n1C. The lowest BCUT2D eigenvalue weighted by molar-refractivity contribution is 0.102. The molecule has 0 saturated heterocycles. The first kappa shape index (κ1) is 18.2. The fourth-order valence-corrected chi connectivity index (χ4v) is 3.52. The van der Waals surface area contributed by atoms with Crippen molar-refractivity contribution >= 4 is 22.8 Å². The van der Waals surface area contributed by atoms with Gasteiger partial charge in [-0.25, -0.2) is 9.97 Å². The fraction of sp³-hybridized carbons (Fsp3) is 0.174. The first-order valence-corrected chi connectivity index (χ1v) is 9.70. The number of aryl methyl sites for hydroxylation is 2. The first-order chi connectivity index (χ1) is 14.6. The first-order valence-electron chi connectivity index (χ1n) is 9.70. The number of ether oxygens (including phenoxy) is 2. The van der Waals surface area contributed by atoms with Crippen molar-refractivity contribution in [3.8, 4) is 22.8 Å². The van der Waals surface area contributed by atoms with Gasteiger partial charge in [0.1, 0.15) is 24.9 Å². The Labute approximate surface area is 173 Å². The van der Waals surface area contributed by atoms with Gasteiger partial charge in [-0.15, -0.1) is 0 Å². The van der Waals surface area contributed by atoms with Gasteiger partial charge in [-0.2, -0.15) is 0 Å². The molecule has 2 aromatic carbocycles. The Bertz CT molecular complexity index is 1280. The van der Waals surface area contributed by atoms with Crippen LogP contribution in [0.15, 0.2) is 54.6 Å². The molecule has 0 radical (unpaired) electrons. The molecule has 30 heavy (non-hydrogen) atoms. The van der Waals surface area contributed by atoms with E-state index in [2.05, 4.69) is 15.3 Å². The number of fused-ring (bicyclic) bond motifs is 2. The molecule has 3 heterocycles. The molecular weight excluding hydrogens is 380 g/mol. The van der Waals surface area contributed by atoms with Crippen LogP contribution in [-0.4, -0.2) is 33.7 Å². The molecule has 0 aliphatic carbocycles. The minimum atomic E-state index is -0.230. The number of benzene rings is 2. The summed E-state index contributed by atoms with van der Waals surface area (Å²) in [5.74, 6) is 2.58. The Morgan fingerprint density at radius 1 is 1.00 bits per heavy atom. The molecule has 4 aromatic rings. The molecular formula is C23H20N4O3. The zero-order valence-corrected chi connectivity index (χ0v) is 16.7. The summed E-state index contributed by atoms with van der Waals surface area (Å²) in [4.78, 5) is 21.9. The predicted molar refractivity (Wildman–Crippen MR) is 114 cm³/mol. The molecule has 0 bridgehead atoms. The summed E-state index contributed by atoms with van der Waals surface area (Å²) in [6.45, 7) is 3.02. The van der Waals surface area contributed by atoms with Gasteiger partial charge in [0, 0.05) is 18.2 Å². The quantitative estimate of drug-likeness (QED) is 0.563. The van der Waals surface area contributed by atoms with Gasteiger partial charge >= 0.3 is 0 Å². The van der Waals surface area contributed by atoms with E-state index in [4.69, 9.17) is 9.47 Å². The second-order valence-corrected chi connectivity index (χ2v) is 7.14. The number of hydrogen-bond acceptors (Lipinski definition) is 5. The maximum absolute atomic E-state index is 12.8. The summed E-state index contributed by atoms with van der Waals surface area (Å²) in [5, 5.41) is 2.88. The molecule has 7 nitrogen and oxygen atoms in total. The van der Waals surface area contributed by atoms with Gasteiger partial charge in [-0.05, 0) is 55.5 Å². The van der Waals surface area contributed by atoms with Gasteiger partial charge in [0.05, 0.1) is 16.7 Å². The van der Waals surface area contributed by atoms with Crippen LogP contribution in [0.2, 0.25) is 0 Å². The number of pyridine rings is 1. The van der Waals surface area contributed by atoms with E-state index >= 15 is 0 Å². The highest BCUT2D eigenvalue weighted by Crippen LogP contribution is 2.34. The summed E-state index contributed by atoms with van der Waals surface area (Å²) in [7, 11) is 1.96. The highest BCUT2D eigenvalue weighted by atomic mass is 16.6. The molecule has 1 aliphatic rings. The molecule has 1 N–H and O–H groups in total. The van der Waals surface area contributed by atoms with E-state index in [1.165, 1.54) is 0 Å². The number of aromatic nitrogens is 3. The van der Waals surface area contributed by atoms with Gasteiger partial charge in [-0.3, -0.25) is 4.79 Å². The van der Waals surface area contributed by atoms with Crippen LogP contribution in [-0.2, 0) is 7.05 Å². The molecule has 0 atom stereocenters. The van der Waals surface area contributed by atoms with E-state index in [9.17, 15) is 4.79 Å². The van der Waals surface area contributed by atoms with Crippen LogP contribution in [0.1, 0.15) is 16.2 Å². The fourth-order valence-electron chi connectivity index (χ4n) is 3.52. The third-order valence-electron chi connectivity index (χ3n) is 5.20. The van der Waals surface area contributed by atoms with Crippen LogP contribution >= 0.6 is 0 Å². The van der Waals surface area contributed by atoms with Crippen molar-refractivity contribution < 1.29 is 14.3 Å². The third kappa shape index (κ3) is 3.24. The van der Waals surface area contributed by atoms with Gasteiger partial charge in [-0.1, -0.05) is 6.07 Å². The Morgan fingerprint density at radius 3 is 2.70 bits per heavy atom. The van der Waals surface area contributed by atoms with E-state index in [1.807, 2.05) is 54.9 Å². The molecule has 0 saturated carbocycles. The van der Waals surface area contributed by atoms with E-state index in [-0.39, 0.29) is 5.91 Å². The largest absolute Gasteiger partial charge is 0.486 e. The van der Waals surface area contributed by atoms with Crippen molar-refractivity contribution in [3.63, 3.8) is 0 Å². The number of imidazole rings is 1. The van der Waals surface area contributed by atoms with Gasteiger partial charge in [0.2, 0.25) is 0 Å². The Kier molecular flexibility index (Phi) is 4.35. The standard InChI is InChI=1S/C23H20N4O3/c1-14-24-18-12-16(6-8-19(18)27(14)2)23(28)26-22-5-3-4-17(25-22)15-7-9-20-21(13-15)30-11-10-29-20/h3-9,12-13H,10-11H2,1-2H3,(H,25,26,28). The van der Waals surface area contributed by atoms with Crippen molar-refractivity contribution in [3.05, 3.63) is 66.0 Å². The number of anilines is 1. The number of carbonyl (C=O) groups is 1. The van der Waals surface area contributed by atoms with Crippen LogP contribution in [0, 0.1) is 6.92 Å². The number of rotatable bonds is 3. The summed E-state index contributed by atoms with van der Waals surface area (Å²) < 4.78 is 13.2. The minimum Gasteiger partial charge on any atom is -0.486 e. The molecule has 1 aliphatic heterocycles. The summed E-state index contributed by atoms with van der Waals surface area (Å²) in [6.07, 6.45) is 0. The van der Waals surface area contributed by atoms with Crippen LogP contribution < -0.4 is 14.8 Å². The van der Waals surface area contributed by atoms with Crippen molar-refractivity contribution in [2.75, 3.05) is 18.5 Å². The number of hydrogen-bond donors (Lipinski definition) is 1. The van der Waals surface area contributed by atoms with Crippen molar-refractivity contribution in [2.24, 2.45) is 7.05 Å². The second-order valence-electron chi connectivity index (χ2n) is 7.14. The average molecular weight is 400 g/mol. The zero-order valence-electron chi connectivity index (χ0n) is 16.7. The lowest BCUT2D eigenvalue weighted by atomic mass is 10.1. The zero-order chi connectivity index (χ0) is 20.7. The van der Waals surface area contributed by atoms with Crippen LogP contribution in [0.3, 0.4) is 0 Å². The third-order valence-corrected chi connectivity index (χ3v) is 5.20. The second kappa shape index (κ2) is 7.18. The average Bonchev–Trinajstić information content (AvgIpc) is 3.06. The maximum atomic E-state index is 12.8. The maximum Gasteiger partial charge on any atom is 0.256 e. The molecule has 0 unspecified atom stereocenters. The Morgan fingerprint density at radius 2 is 1.83 bits per heavy atom. The molecule has 5 rings (SSSR count). The van der Waals surface area contributed by atoms with E-state index in [0.29, 0.717) is 30.3 Å². The lowest BCUT2D eigenvalue weighted by Crippen LogP contribution is -2.15. The van der Waals surface area contributed by atoms with Crippen molar-refractivity contribution in [1.82, 2.24) is 14.5 Å². The highest BCUT2D eigenvalue weighted by molar-refractivity contribution is 6.05. The Balaban J connectivity index is 1.40. The summed E-state index contributed by atoms with van der Waals surface area (Å²) >= 11 is 0. The highest BCUT2D eigenvalue weighted by Gasteiger charge is 2.14. The molecule has 150 valence electrons. The molecule has 1 amide bonds. The van der Waals surface area contributed by atoms with Crippen molar-refractivity contribution in [2.45, 2.75) is 6.92 Å². The van der Waals surface area contributed by atoms with Crippen LogP contribution in [0.5, 0.6) is 11.5 Å². The number of carbonyl (C=O) groups excluding carboxylic acids is 1. The molecule has 2 aromatic heterocycles. The molecule has 7 heteroatoms. The normalized spacial score (nSPS) is 12.7. The summed E-state index contributed by atoms with van der Waals surface area (Å²) in [6, 6.07) is 16.7. The van der Waals surface area contributed by atoms with Crippen LogP contribution in [0.25, 0.3) is 22.3 Å². The predicted octanol–water partition coefficient (Wildman–Crippen LogP) is 3.97. The topological polar surface area (TPSA) is 78.3 Å². The van der Waals surface area contributed by atoms with Gasteiger partial charge < -0.3 is 19.4 Å².